The number of rotatable bonds is 9. The maximum Gasteiger partial charge on any atom is 0.122 e. The molecule has 2 N–H and O–H groups in total. The second-order valence-corrected chi connectivity index (χ2v) is 4.04. The molecule has 0 bridgehead atoms. The van der Waals surface area contributed by atoms with Gasteiger partial charge < -0.3 is 19.4 Å². The number of aliphatic hydroxyl groups is 1. The molecule has 0 heterocycles. The van der Waals surface area contributed by atoms with Crippen molar-refractivity contribution < 1.29 is 19.4 Å². The number of benzene rings is 1. The molecule has 0 spiro atoms. The Balaban J connectivity index is 2.88. The Morgan fingerprint density at radius 3 is 2.53 bits per heavy atom. The van der Waals surface area contributed by atoms with Crippen molar-refractivity contribution in [3.63, 3.8) is 0 Å². The molecule has 1 rings (SSSR count). The van der Waals surface area contributed by atoms with Crippen molar-refractivity contribution in [2.45, 2.75) is 26.3 Å². The highest BCUT2D eigenvalue weighted by Crippen LogP contribution is 2.25. The van der Waals surface area contributed by atoms with Crippen molar-refractivity contribution in [2.75, 3.05) is 26.9 Å². The Kier molecular flexibility index (Phi) is 7.25. The van der Waals surface area contributed by atoms with E-state index in [4.69, 9.17) is 14.3 Å². The predicted octanol–water partition coefficient (Wildman–Crippen LogP) is 1.54. The minimum absolute atomic E-state index is 0.0156. The second kappa shape index (κ2) is 8.74. The van der Waals surface area contributed by atoms with Crippen LogP contribution in [0, 0.1) is 0 Å². The van der Waals surface area contributed by atoms with Gasteiger partial charge in [0.25, 0.3) is 0 Å². The van der Waals surface area contributed by atoms with Crippen molar-refractivity contribution in [3.05, 3.63) is 23.8 Å². The summed E-state index contributed by atoms with van der Waals surface area (Å²) >= 11 is 0. The Morgan fingerprint density at radius 1 is 1.21 bits per heavy atom. The van der Waals surface area contributed by atoms with Gasteiger partial charge in [-0.15, -0.1) is 0 Å². The zero-order valence-corrected chi connectivity index (χ0v) is 11.8. The van der Waals surface area contributed by atoms with Crippen LogP contribution in [0.3, 0.4) is 0 Å². The molecule has 19 heavy (non-hydrogen) atoms. The molecule has 0 saturated heterocycles. The first-order valence-electron chi connectivity index (χ1n) is 6.53. The minimum atomic E-state index is -0.180. The number of aliphatic hydroxyl groups excluding tert-OH is 1. The molecule has 1 atom stereocenters. The van der Waals surface area contributed by atoms with Gasteiger partial charge in [-0.1, -0.05) is 0 Å². The van der Waals surface area contributed by atoms with Gasteiger partial charge in [-0.05, 0) is 44.0 Å². The van der Waals surface area contributed by atoms with E-state index >= 15 is 0 Å². The van der Waals surface area contributed by atoms with Gasteiger partial charge in [0.1, 0.15) is 11.5 Å². The fraction of sp³-hybridized carbons (Fsp3) is 0.571. The number of ether oxygens (including phenoxy) is 2. The number of hydrogen-bond donors (Lipinski definition) is 2. The monoisotopic (exact) mass is 269 g/mol. The van der Waals surface area contributed by atoms with Crippen molar-refractivity contribution >= 4 is 0 Å². The second-order valence-electron chi connectivity index (χ2n) is 4.04. The van der Waals surface area contributed by atoms with E-state index in [0.29, 0.717) is 19.6 Å². The van der Waals surface area contributed by atoms with Crippen molar-refractivity contribution in [1.82, 2.24) is 5.48 Å². The third-order valence-corrected chi connectivity index (χ3v) is 2.61. The Bertz CT molecular complexity index is 370. The lowest BCUT2D eigenvalue weighted by atomic mass is 10.1. The Hall–Kier alpha value is -1.30. The van der Waals surface area contributed by atoms with Crippen LogP contribution < -0.4 is 15.0 Å². The summed E-state index contributed by atoms with van der Waals surface area (Å²) < 4.78 is 11.1. The van der Waals surface area contributed by atoms with E-state index in [1.54, 1.807) is 0 Å². The molecule has 5 heteroatoms. The van der Waals surface area contributed by atoms with E-state index in [2.05, 4.69) is 5.48 Å². The summed E-state index contributed by atoms with van der Waals surface area (Å²) in [7, 11) is 1.53. The van der Waals surface area contributed by atoms with Crippen LogP contribution in [-0.2, 0) is 11.3 Å². The first-order valence-corrected chi connectivity index (χ1v) is 6.53. The highest BCUT2D eigenvalue weighted by molar-refractivity contribution is 5.40. The summed E-state index contributed by atoms with van der Waals surface area (Å²) in [5, 5.41) is 9.30. The van der Waals surface area contributed by atoms with Crippen LogP contribution in [0.1, 0.15) is 19.4 Å². The lowest BCUT2D eigenvalue weighted by molar-refractivity contribution is 0.0400. The summed E-state index contributed by atoms with van der Waals surface area (Å²) in [5.74, 6) is 1.61. The van der Waals surface area contributed by atoms with Gasteiger partial charge in [0.2, 0.25) is 0 Å². The molecule has 108 valence electrons. The van der Waals surface area contributed by atoms with Gasteiger partial charge in [0.05, 0.1) is 33.0 Å². The zero-order chi connectivity index (χ0) is 14.1. The largest absolute Gasteiger partial charge is 0.494 e. The number of hydroxylamine groups is 1. The fourth-order valence-corrected chi connectivity index (χ4v) is 1.84. The molecule has 1 aromatic carbocycles. The van der Waals surface area contributed by atoms with Gasteiger partial charge in [-0.25, -0.2) is 0 Å². The van der Waals surface area contributed by atoms with Crippen LogP contribution in [0.5, 0.6) is 11.5 Å². The molecule has 5 nitrogen and oxygen atoms in total. The molecule has 0 radical (unpaired) electrons. The highest BCUT2D eigenvalue weighted by atomic mass is 16.6. The van der Waals surface area contributed by atoms with Crippen LogP contribution in [0.4, 0.5) is 0 Å². The van der Waals surface area contributed by atoms with Crippen LogP contribution >= 0.6 is 0 Å². The standard InChI is InChI=1S/C14H23NO4/c1-4-18-13-6-7-14(19-5-2)11(9-13)8-12(10-16)15-17-3/h6-7,9,12,15-16H,4-5,8,10H2,1-3H3. The first-order chi connectivity index (χ1) is 9.24. The van der Waals surface area contributed by atoms with Crippen LogP contribution in [0.2, 0.25) is 0 Å². The normalized spacial score (nSPS) is 12.2. The van der Waals surface area contributed by atoms with Crippen molar-refractivity contribution in [3.8, 4) is 11.5 Å². The zero-order valence-electron chi connectivity index (χ0n) is 11.8. The molecule has 1 aromatic rings. The maximum absolute atomic E-state index is 9.30. The predicted molar refractivity (Wildman–Crippen MR) is 73.5 cm³/mol. The van der Waals surface area contributed by atoms with E-state index in [1.807, 2.05) is 32.0 Å². The molecule has 0 aromatic heterocycles. The van der Waals surface area contributed by atoms with Gasteiger partial charge in [0, 0.05) is 0 Å². The molecule has 0 fully saturated rings. The third-order valence-electron chi connectivity index (χ3n) is 2.61. The fourth-order valence-electron chi connectivity index (χ4n) is 1.84. The SMILES string of the molecule is CCOc1ccc(OCC)c(CC(CO)NOC)c1. The summed E-state index contributed by atoms with van der Waals surface area (Å²) in [5.41, 5.74) is 3.74. The first kappa shape index (κ1) is 15.8. The molecule has 0 aliphatic rings. The quantitative estimate of drug-likeness (QED) is 0.666. The lowest BCUT2D eigenvalue weighted by Gasteiger charge is -2.18. The molecule has 0 aliphatic heterocycles. The molecular formula is C14H23NO4. The molecular weight excluding hydrogens is 246 g/mol. The van der Waals surface area contributed by atoms with Crippen LogP contribution in [0.25, 0.3) is 0 Å². The number of nitrogens with one attached hydrogen (secondary N) is 1. The van der Waals surface area contributed by atoms with Gasteiger partial charge >= 0.3 is 0 Å². The molecule has 0 saturated carbocycles. The van der Waals surface area contributed by atoms with Crippen LogP contribution in [0.15, 0.2) is 18.2 Å². The Labute approximate surface area is 114 Å². The molecule has 1 unspecified atom stereocenters. The van der Waals surface area contributed by atoms with Crippen molar-refractivity contribution in [1.29, 1.82) is 0 Å². The smallest absolute Gasteiger partial charge is 0.122 e. The van der Waals surface area contributed by atoms with E-state index in [9.17, 15) is 5.11 Å². The van der Waals surface area contributed by atoms with Gasteiger partial charge in [0.15, 0.2) is 0 Å². The van der Waals surface area contributed by atoms with E-state index in [-0.39, 0.29) is 12.6 Å². The summed E-state index contributed by atoms with van der Waals surface area (Å²) in [6.07, 6.45) is 0.598. The number of hydrogen-bond acceptors (Lipinski definition) is 5. The van der Waals surface area contributed by atoms with E-state index < -0.39 is 0 Å². The van der Waals surface area contributed by atoms with Gasteiger partial charge in [-0.2, -0.15) is 5.48 Å². The van der Waals surface area contributed by atoms with E-state index in [0.717, 1.165) is 17.1 Å². The van der Waals surface area contributed by atoms with Crippen LogP contribution in [-0.4, -0.2) is 38.1 Å². The lowest BCUT2D eigenvalue weighted by Crippen LogP contribution is -2.33. The average Bonchev–Trinajstić information content (AvgIpc) is 2.41. The summed E-state index contributed by atoms with van der Waals surface area (Å²) in [6.45, 7) is 5.09. The summed E-state index contributed by atoms with van der Waals surface area (Å²) in [6, 6.07) is 5.54. The van der Waals surface area contributed by atoms with Gasteiger partial charge in [-0.3, -0.25) is 0 Å². The average molecular weight is 269 g/mol. The third kappa shape index (κ3) is 5.06. The summed E-state index contributed by atoms with van der Waals surface area (Å²) in [4.78, 5) is 4.86. The van der Waals surface area contributed by atoms with Crippen molar-refractivity contribution in [2.24, 2.45) is 0 Å². The maximum atomic E-state index is 9.30. The Morgan fingerprint density at radius 2 is 1.95 bits per heavy atom. The van der Waals surface area contributed by atoms with E-state index in [1.165, 1.54) is 7.11 Å². The minimum Gasteiger partial charge on any atom is -0.494 e. The topological polar surface area (TPSA) is 60.0 Å². The molecule has 0 amide bonds. The highest BCUT2D eigenvalue weighted by Gasteiger charge is 2.13. The molecule has 0 aliphatic carbocycles.